The maximum atomic E-state index is 12.1. The first-order valence-electron chi connectivity index (χ1n) is 7.53. The average molecular weight is 335 g/mol. The fraction of sp³-hybridized carbons (Fsp3) is 0.105. The number of carbonyl (C=O) groups excluding carboxylic acids is 1. The van der Waals surface area contributed by atoms with E-state index in [9.17, 15) is 9.59 Å². The molecule has 0 unspecified atom stereocenters. The molecular formula is C19H17N3O3. The summed E-state index contributed by atoms with van der Waals surface area (Å²) in [4.78, 5) is 22.8. The van der Waals surface area contributed by atoms with Gasteiger partial charge in [0.25, 0.3) is 5.91 Å². The van der Waals surface area contributed by atoms with E-state index in [1.165, 1.54) is 6.20 Å². The maximum absolute atomic E-state index is 12.1. The number of hydrogen-bond donors (Lipinski definition) is 3. The number of anilines is 2. The van der Waals surface area contributed by atoms with Crippen LogP contribution in [0, 0.1) is 18.3 Å². The molecule has 2 aromatic rings. The zero-order valence-electron chi connectivity index (χ0n) is 13.6. The van der Waals surface area contributed by atoms with Gasteiger partial charge >= 0.3 is 5.97 Å². The van der Waals surface area contributed by atoms with E-state index in [1.54, 1.807) is 30.3 Å². The lowest BCUT2D eigenvalue weighted by Gasteiger charge is -2.06. The number of nitrogens with one attached hydrogen (secondary N) is 2. The van der Waals surface area contributed by atoms with Crippen molar-refractivity contribution in [2.24, 2.45) is 0 Å². The van der Waals surface area contributed by atoms with Gasteiger partial charge in [0.15, 0.2) is 0 Å². The van der Waals surface area contributed by atoms with Crippen LogP contribution < -0.4 is 10.6 Å². The Morgan fingerprint density at radius 3 is 2.48 bits per heavy atom. The fourth-order valence-corrected chi connectivity index (χ4v) is 2.12. The van der Waals surface area contributed by atoms with Gasteiger partial charge in [-0.1, -0.05) is 24.3 Å². The van der Waals surface area contributed by atoms with Crippen molar-refractivity contribution in [2.45, 2.75) is 13.3 Å². The number of carboxylic acid groups (broad SMARTS) is 1. The molecule has 0 radical (unpaired) electrons. The number of nitrogens with zero attached hydrogens (tertiary/aromatic N) is 1. The minimum atomic E-state index is -0.903. The smallest absolute Gasteiger partial charge is 0.307 e. The number of carbonyl (C=O) groups is 2. The van der Waals surface area contributed by atoms with Crippen molar-refractivity contribution in [3.63, 3.8) is 0 Å². The van der Waals surface area contributed by atoms with Crippen LogP contribution in [0.1, 0.15) is 11.1 Å². The third kappa shape index (κ3) is 5.52. The Labute approximate surface area is 145 Å². The third-order valence-corrected chi connectivity index (χ3v) is 3.33. The van der Waals surface area contributed by atoms with Gasteiger partial charge in [-0.25, -0.2) is 0 Å². The summed E-state index contributed by atoms with van der Waals surface area (Å²) in [5.74, 6) is -1.41. The highest BCUT2D eigenvalue weighted by Crippen LogP contribution is 2.13. The van der Waals surface area contributed by atoms with Crippen molar-refractivity contribution < 1.29 is 14.7 Å². The van der Waals surface area contributed by atoms with Crippen LogP contribution in [0.5, 0.6) is 0 Å². The zero-order chi connectivity index (χ0) is 18.2. The van der Waals surface area contributed by atoms with Gasteiger partial charge in [0.1, 0.15) is 11.6 Å². The summed E-state index contributed by atoms with van der Waals surface area (Å²) >= 11 is 0. The minimum absolute atomic E-state index is 0.0571. The molecular weight excluding hydrogens is 318 g/mol. The topological polar surface area (TPSA) is 102 Å². The summed E-state index contributed by atoms with van der Waals surface area (Å²) in [5, 5.41) is 23.4. The number of nitriles is 1. The summed E-state index contributed by atoms with van der Waals surface area (Å²) in [7, 11) is 0. The number of aryl methyl sites for hydroxylation is 1. The van der Waals surface area contributed by atoms with E-state index in [0.717, 1.165) is 5.56 Å². The lowest BCUT2D eigenvalue weighted by molar-refractivity contribution is -0.136. The number of hydrogen-bond acceptors (Lipinski definition) is 4. The number of benzene rings is 2. The highest BCUT2D eigenvalue weighted by atomic mass is 16.4. The molecule has 0 aliphatic carbocycles. The third-order valence-electron chi connectivity index (χ3n) is 3.33. The van der Waals surface area contributed by atoms with Crippen molar-refractivity contribution in [1.29, 1.82) is 5.26 Å². The number of amides is 1. The van der Waals surface area contributed by atoms with Gasteiger partial charge < -0.3 is 15.7 Å². The quantitative estimate of drug-likeness (QED) is 0.556. The molecule has 0 atom stereocenters. The van der Waals surface area contributed by atoms with E-state index in [-0.39, 0.29) is 12.0 Å². The molecule has 2 rings (SSSR count). The summed E-state index contributed by atoms with van der Waals surface area (Å²) in [5.41, 5.74) is 2.85. The van der Waals surface area contributed by atoms with Crippen LogP contribution in [0.3, 0.4) is 0 Å². The van der Waals surface area contributed by atoms with E-state index in [4.69, 9.17) is 10.4 Å². The summed E-state index contributed by atoms with van der Waals surface area (Å²) in [6, 6.07) is 15.8. The fourth-order valence-electron chi connectivity index (χ4n) is 2.12. The van der Waals surface area contributed by atoms with Crippen LogP contribution in [0.2, 0.25) is 0 Å². The van der Waals surface area contributed by atoms with E-state index >= 15 is 0 Å². The Morgan fingerprint density at radius 1 is 1.16 bits per heavy atom. The van der Waals surface area contributed by atoms with Gasteiger partial charge in [0.2, 0.25) is 0 Å². The van der Waals surface area contributed by atoms with Gasteiger partial charge in [0.05, 0.1) is 6.42 Å². The number of rotatable bonds is 6. The number of carboxylic acids is 1. The van der Waals surface area contributed by atoms with Crippen molar-refractivity contribution in [2.75, 3.05) is 10.6 Å². The van der Waals surface area contributed by atoms with Crippen LogP contribution in [0.25, 0.3) is 0 Å². The number of aliphatic carboxylic acids is 1. The second kappa shape index (κ2) is 8.31. The Morgan fingerprint density at radius 2 is 1.88 bits per heavy atom. The van der Waals surface area contributed by atoms with E-state index in [2.05, 4.69) is 10.6 Å². The Hall–Kier alpha value is -3.59. The largest absolute Gasteiger partial charge is 0.481 e. The van der Waals surface area contributed by atoms with Crippen LogP contribution in [-0.4, -0.2) is 17.0 Å². The molecule has 0 saturated carbocycles. The van der Waals surface area contributed by atoms with Crippen molar-refractivity contribution in [1.82, 2.24) is 0 Å². The first kappa shape index (κ1) is 17.8. The first-order valence-corrected chi connectivity index (χ1v) is 7.53. The summed E-state index contributed by atoms with van der Waals surface area (Å²) in [6.07, 6.45) is 1.26. The molecule has 0 bridgehead atoms. The summed E-state index contributed by atoms with van der Waals surface area (Å²) < 4.78 is 0. The molecule has 0 fully saturated rings. The molecule has 6 heteroatoms. The molecule has 6 nitrogen and oxygen atoms in total. The summed E-state index contributed by atoms with van der Waals surface area (Å²) in [6.45, 7) is 1.91. The van der Waals surface area contributed by atoms with Gasteiger partial charge in [0, 0.05) is 17.6 Å². The standard InChI is InChI=1S/C19H17N3O3/c1-13-3-2-4-17(9-13)22-19(25)15(11-20)12-21-16-7-5-14(6-8-16)10-18(23)24/h2-9,12,21H,10H2,1H3,(H,22,25)(H,23,24)/b15-12-. The van der Waals surface area contributed by atoms with Gasteiger partial charge in [-0.3, -0.25) is 9.59 Å². The molecule has 0 aliphatic rings. The van der Waals surface area contributed by atoms with Crippen LogP contribution in [0.15, 0.2) is 60.3 Å². The average Bonchev–Trinajstić information content (AvgIpc) is 2.56. The van der Waals surface area contributed by atoms with Gasteiger partial charge in [-0.15, -0.1) is 0 Å². The minimum Gasteiger partial charge on any atom is -0.481 e. The molecule has 3 N–H and O–H groups in total. The predicted molar refractivity (Wildman–Crippen MR) is 94.9 cm³/mol. The van der Waals surface area contributed by atoms with Gasteiger partial charge in [-0.05, 0) is 42.3 Å². The second-order valence-electron chi connectivity index (χ2n) is 5.41. The van der Waals surface area contributed by atoms with Crippen molar-refractivity contribution in [3.05, 3.63) is 71.4 Å². The molecule has 0 aromatic heterocycles. The lowest BCUT2D eigenvalue weighted by Crippen LogP contribution is -2.14. The molecule has 0 spiro atoms. The van der Waals surface area contributed by atoms with Crippen molar-refractivity contribution >= 4 is 23.3 Å². The van der Waals surface area contributed by atoms with E-state index in [1.807, 2.05) is 31.2 Å². The van der Waals surface area contributed by atoms with E-state index in [0.29, 0.717) is 16.9 Å². The molecule has 0 aliphatic heterocycles. The van der Waals surface area contributed by atoms with E-state index < -0.39 is 11.9 Å². The monoisotopic (exact) mass is 335 g/mol. The molecule has 126 valence electrons. The Kier molecular flexibility index (Phi) is 5.91. The lowest BCUT2D eigenvalue weighted by atomic mass is 10.1. The first-order chi connectivity index (χ1) is 12.0. The highest BCUT2D eigenvalue weighted by Gasteiger charge is 2.09. The second-order valence-corrected chi connectivity index (χ2v) is 5.41. The van der Waals surface area contributed by atoms with Crippen molar-refractivity contribution in [3.8, 4) is 6.07 Å². The Balaban J connectivity index is 2.03. The molecule has 1 amide bonds. The van der Waals surface area contributed by atoms with Crippen LogP contribution >= 0.6 is 0 Å². The van der Waals surface area contributed by atoms with Crippen LogP contribution in [0.4, 0.5) is 11.4 Å². The zero-order valence-corrected chi connectivity index (χ0v) is 13.6. The Bertz CT molecular complexity index is 849. The molecule has 0 saturated heterocycles. The highest BCUT2D eigenvalue weighted by molar-refractivity contribution is 6.06. The SMILES string of the molecule is Cc1cccc(NC(=O)/C(C#N)=C\Nc2ccc(CC(=O)O)cc2)c1. The van der Waals surface area contributed by atoms with Crippen LogP contribution in [-0.2, 0) is 16.0 Å². The predicted octanol–water partition coefficient (Wildman–Crippen LogP) is 3.08. The molecule has 2 aromatic carbocycles. The van der Waals surface area contributed by atoms with Gasteiger partial charge in [-0.2, -0.15) is 5.26 Å². The maximum Gasteiger partial charge on any atom is 0.307 e. The molecule has 25 heavy (non-hydrogen) atoms. The molecule has 0 heterocycles. The normalized spacial score (nSPS) is 10.6.